The van der Waals surface area contributed by atoms with Crippen LogP contribution in [0.5, 0.6) is 0 Å². The number of nitrogens with zero attached hydrogens (tertiary/aromatic N) is 1. The number of hydrogen-bond donors (Lipinski definition) is 1. The Labute approximate surface area is 76.6 Å². The molecule has 0 aliphatic rings. The van der Waals surface area contributed by atoms with Gasteiger partial charge in [0, 0.05) is 11.6 Å². The van der Waals surface area contributed by atoms with Crippen LogP contribution in [0.2, 0.25) is 0 Å². The zero-order valence-corrected chi connectivity index (χ0v) is 9.26. The van der Waals surface area contributed by atoms with Gasteiger partial charge in [0.15, 0.2) is 0 Å². The SMILES string of the molecule is CC(C)N(C)C(C)(CO)C(C)C. The molecular weight excluding hydrogens is 150 g/mol. The minimum absolute atomic E-state index is 0.0891. The van der Waals surface area contributed by atoms with E-state index >= 15 is 0 Å². The summed E-state index contributed by atoms with van der Waals surface area (Å²) in [7, 11) is 2.07. The van der Waals surface area contributed by atoms with Crippen LogP contribution in [-0.2, 0) is 0 Å². The minimum Gasteiger partial charge on any atom is -0.394 e. The molecule has 0 radical (unpaired) electrons. The Morgan fingerprint density at radius 3 is 1.75 bits per heavy atom. The van der Waals surface area contributed by atoms with Gasteiger partial charge < -0.3 is 5.11 Å². The molecule has 0 aromatic carbocycles. The molecule has 12 heavy (non-hydrogen) atoms. The molecule has 0 aromatic rings. The first kappa shape index (κ1) is 11.9. The third-order valence-electron chi connectivity index (χ3n) is 3.14. The summed E-state index contributed by atoms with van der Waals surface area (Å²) in [5.41, 5.74) is -0.0891. The molecule has 0 aliphatic carbocycles. The molecule has 0 heterocycles. The second kappa shape index (κ2) is 4.24. The largest absolute Gasteiger partial charge is 0.394 e. The Morgan fingerprint density at radius 1 is 1.25 bits per heavy atom. The van der Waals surface area contributed by atoms with Crippen LogP contribution in [0, 0.1) is 5.92 Å². The Morgan fingerprint density at radius 2 is 1.67 bits per heavy atom. The second-order valence-electron chi connectivity index (χ2n) is 4.37. The van der Waals surface area contributed by atoms with Gasteiger partial charge in [-0.2, -0.15) is 0 Å². The first-order chi connectivity index (χ1) is 5.36. The van der Waals surface area contributed by atoms with E-state index in [0.29, 0.717) is 12.0 Å². The lowest BCUT2D eigenvalue weighted by atomic mass is 9.87. The maximum absolute atomic E-state index is 9.33. The lowest BCUT2D eigenvalue weighted by Crippen LogP contribution is -2.53. The highest BCUT2D eigenvalue weighted by molar-refractivity contribution is 4.88. The first-order valence-electron chi connectivity index (χ1n) is 4.70. The van der Waals surface area contributed by atoms with E-state index in [1.165, 1.54) is 0 Å². The van der Waals surface area contributed by atoms with E-state index in [1.807, 2.05) is 0 Å². The van der Waals surface area contributed by atoms with Gasteiger partial charge >= 0.3 is 0 Å². The minimum atomic E-state index is -0.0891. The van der Waals surface area contributed by atoms with Crippen LogP contribution in [0.3, 0.4) is 0 Å². The Bertz CT molecular complexity index is 134. The highest BCUT2D eigenvalue weighted by atomic mass is 16.3. The summed E-state index contributed by atoms with van der Waals surface area (Å²) in [6.07, 6.45) is 0. The number of hydrogen-bond acceptors (Lipinski definition) is 2. The van der Waals surface area contributed by atoms with E-state index in [4.69, 9.17) is 0 Å². The van der Waals surface area contributed by atoms with Crippen LogP contribution < -0.4 is 0 Å². The van der Waals surface area contributed by atoms with E-state index in [1.54, 1.807) is 0 Å². The zero-order valence-electron chi connectivity index (χ0n) is 9.26. The molecule has 2 heteroatoms. The molecule has 0 spiro atoms. The fraction of sp³-hybridized carbons (Fsp3) is 1.00. The van der Waals surface area contributed by atoms with E-state index in [-0.39, 0.29) is 12.1 Å². The van der Waals surface area contributed by atoms with Crippen molar-refractivity contribution in [3.63, 3.8) is 0 Å². The average molecular weight is 173 g/mol. The van der Waals surface area contributed by atoms with Crippen LogP contribution in [-0.4, -0.2) is 35.2 Å². The van der Waals surface area contributed by atoms with Gasteiger partial charge in [-0.15, -0.1) is 0 Å². The van der Waals surface area contributed by atoms with Gasteiger partial charge in [0.1, 0.15) is 0 Å². The Kier molecular flexibility index (Phi) is 4.21. The van der Waals surface area contributed by atoms with Crippen LogP contribution in [0.15, 0.2) is 0 Å². The van der Waals surface area contributed by atoms with Gasteiger partial charge in [0.2, 0.25) is 0 Å². The molecule has 1 unspecified atom stereocenters. The Balaban J connectivity index is 4.51. The number of rotatable bonds is 4. The normalized spacial score (nSPS) is 17.5. The van der Waals surface area contributed by atoms with Crippen molar-refractivity contribution in [1.29, 1.82) is 0 Å². The summed E-state index contributed by atoms with van der Waals surface area (Å²) in [5.74, 6) is 0.467. The van der Waals surface area contributed by atoms with Crippen molar-refractivity contribution in [3.05, 3.63) is 0 Å². The monoisotopic (exact) mass is 173 g/mol. The number of aliphatic hydroxyl groups is 1. The highest BCUT2D eigenvalue weighted by Gasteiger charge is 2.33. The molecule has 1 atom stereocenters. The molecule has 0 rings (SSSR count). The summed E-state index contributed by atoms with van der Waals surface area (Å²) in [5, 5.41) is 9.33. The topological polar surface area (TPSA) is 23.5 Å². The smallest absolute Gasteiger partial charge is 0.0615 e. The molecule has 0 fully saturated rings. The summed E-state index contributed by atoms with van der Waals surface area (Å²) >= 11 is 0. The van der Waals surface area contributed by atoms with E-state index in [9.17, 15) is 5.11 Å². The first-order valence-corrected chi connectivity index (χ1v) is 4.70. The molecule has 1 N–H and O–H groups in total. The van der Waals surface area contributed by atoms with Gasteiger partial charge in [-0.05, 0) is 33.7 Å². The van der Waals surface area contributed by atoms with Crippen LogP contribution >= 0.6 is 0 Å². The molecule has 0 amide bonds. The van der Waals surface area contributed by atoms with E-state index in [0.717, 1.165) is 0 Å². The zero-order chi connectivity index (χ0) is 9.94. The fourth-order valence-corrected chi connectivity index (χ4v) is 1.29. The van der Waals surface area contributed by atoms with Crippen molar-refractivity contribution in [3.8, 4) is 0 Å². The highest BCUT2D eigenvalue weighted by Crippen LogP contribution is 2.24. The molecule has 74 valence electrons. The molecular formula is C10H23NO. The molecule has 2 nitrogen and oxygen atoms in total. The summed E-state index contributed by atoms with van der Waals surface area (Å²) < 4.78 is 0. The van der Waals surface area contributed by atoms with Crippen molar-refractivity contribution in [2.24, 2.45) is 5.92 Å². The van der Waals surface area contributed by atoms with Crippen molar-refractivity contribution < 1.29 is 5.11 Å². The predicted octanol–water partition coefficient (Wildman–Crippen LogP) is 1.73. The van der Waals surface area contributed by atoms with Crippen LogP contribution in [0.1, 0.15) is 34.6 Å². The van der Waals surface area contributed by atoms with Gasteiger partial charge in [0.25, 0.3) is 0 Å². The standard InChI is InChI=1S/C10H23NO/c1-8(2)10(5,7-12)11(6)9(3)4/h8-9,12H,7H2,1-6H3. The van der Waals surface area contributed by atoms with Gasteiger partial charge in [-0.1, -0.05) is 13.8 Å². The Hall–Kier alpha value is -0.0800. The summed E-state index contributed by atoms with van der Waals surface area (Å²) in [6.45, 7) is 10.9. The van der Waals surface area contributed by atoms with Crippen molar-refractivity contribution in [1.82, 2.24) is 4.90 Å². The maximum Gasteiger partial charge on any atom is 0.0615 e. The lowest BCUT2D eigenvalue weighted by Gasteiger charge is -2.43. The average Bonchev–Trinajstić information content (AvgIpc) is 2.01. The van der Waals surface area contributed by atoms with Crippen molar-refractivity contribution >= 4 is 0 Å². The second-order valence-corrected chi connectivity index (χ2v) is 4.37. The predicted molar refractivity (Wildman–Crippen MR) is 53.2 cm³/mol. The van der Waals surface area contributed by atoms with Crippen LogP contribution in [0.25, 0.3) is 0 Å². The van der Waals surface area contributed by atoms with Gasteiger partial charge in [0.05, 0.1) is 6.61 Å². The third-order valence-corrected chi connectivity index (χ3v) is 3.14. The van der Waals surface area contributed by atoms with Gasteiger partial charge in [-0.3, -0.25) is 4.90 Å². The molecule has 0 bridgehead atoms. The lowest BCUT2D eigenvalue weighted by molar-refractivity contribution is 0.00717. The molecule has 0 saturated heterocycles. The van der Waals surface area contributed by atoms with E-state index < -0.39 is 0 Å². The fourth-order valence-electron chi connectivity index (χ4n) is 1.29. The molecule has 0 saturated carbocycles. The number of likely N-dealkylation sites (N-methyl/N-ethyl adjacent to an activating group) is 1. The molecule has 0 aromatic heterocycles. The van der Waals surface area contributed by atoms with E-state index in [2.05, 4.69) is 46.6 Å². The molecule has 0 aliphatic heterocycles. The van der Waals surface area contributed by atoms with Crippen LogP contribution in [0.4, 0.5) is 0 Å². The summed E-state index contributed by atoms with van der Waals surface area (Å²) in [4.78, 5) is 2.23. The van der Waals surface area contributed by atoms with Gasteiger partial charge in [-0.25, -0.2) is 0 Å². The summed E-state index contributed by atoms with van der Waals surface area (Å²) in [6, 6.07) is 0.476. The number of aliphatic hydroxyl groups excluding tert-OH is 1. The quantitative estimate of drug-likeness (QED) is 0.700. The third kappa shape index (κ3) is 2.20. The van der Waals surface area contributed by atoms with Crippen molar-refractivity contribution in [2.75, 3.05) is 13.7 Å². The maximum atomic E-state index is 9.33. The van der Waals surface area contributed by atoms with Crippen molar-refractivity contribution in [2.45, 2.75) is 46.2 Å².